The van der Waals surface area contributed by atoms with E-state index in [1.807, 2.05) is 0 Å². The first kappa shape index (κ1) is 11.3. The van der Waals surface area contributed by atoms with Crippen molar-refractivity contribution in [3.63, 3.8) is 0 Å². The molecule has 0 radical (unpaired) electrons. The van der Waals surface area contributed by atoms with Crippen molar-refractivity contribution in [2.75, 3.05) is 0 Å². The summed E-state index contributed by atoms with van der Waals surface area (Å²) in [6, 6.07) is 2.12. The van der Waals surface area contributed by atoms with Gasteiger partial charge in [-0.15, -0.1) is 0 Å². The molecular formula is C12H21NO. The summed E-state index contributed by atoms with van der Waals surface area (Å²) >= 11 is 0. The third-order valence-corrected chi connectivity index (χ3v) is 2.71. The number of hydrogen-bond acceptors (Lipinski definition) is 2. The second-order valence-corrected chi connectivity index (χ2v) is 3.86. The largest absolute Gasteiger partial charge is 0.465 e. The van der Waals surface area contributed by atoms with Gasteiger partial charge in [-0.3, -0.25) is 0 Å². The summed E-state index contributed by atoms with van der Waals surface area (Å²) in [4.78, 5) is 0. The third-order valence-electron chi connectivity index (χ3n) is 2.71. The average molecular weight is 195 g/mol. The van der Waals surface area contributed by atoms with E-state index < -0.39 is 0 Å². The molecule has 80 valence electrons. The summed E-state index contributed by atoms with van der Waals surface area (Å²) in [5.41, 5.74) is 6.86. The lowest BCUT2D eigenvalue weighted by atomic mass is 10.1. The lowest BCUT2D eigenvalue weighted by Crippen LogP contribution is -1.97. The van der Waals surface area contributed by atoms with Crippen LogP contribution in [0.1, 0.15) is 56.6 Å². The number of nitrogens with two attached hydrogens (primary N) is 1. The highest BCUT2D eigenvalue weighted by atomic mass is 16.3. The van der Waals surface area contributed by atoms with Crippen LogP contribution in [0.3, 0.4) is 0 Å². The Kier molecular flexibility index (Phi) is 4.21. The minimum atomic E-state index is 0.505. The Morgan fingerprint density at radius 1 is 1.43 bits per heavy atom. The Hall–Kier alpha value is -0.760. The highest BCUT2D eigenvalue weighted by Crippen LogP contribution is 2.25. The van der Waals surface area contributed by atoms with Crippen LogP contribution < -0.4 is 5.73 Å². The van der Waals surface area contributed by atoms with Gasteiger partial charge in [0.2, 0.25) is 0 Å². The van der Waals surface area contributed by atoms with Crippen LogP contribution in [0.2, 0.25) is 0 Å². The Morgan fingerprint density at radius 3 is 2.64 bits per heavy atom. The first-order chi connectivity index (χ1) is 6.72. The molecule has 1 aromatic rings. The van der Waals surface area contributed by atoms with Crippen molar-refractivity contribution in [2.24, 2.45) is 5.73 Å². The van der Waals surface area contributed by atoms with Crippen LogP contribution >= 0.6 is 0 Å². The van der Waals surface area contributed by atoms with E-state index in [1.54, 1.807) is 0 Å². The average Bonchev–Trinajstić information content (AvgIpc) is 2.60. The van der Waals surface area contributed by atoms with E-state index >= 15 is 0 Å². The molecule has 0 saturated carbocycles. The maximum Gasteiger partial charge on any atom is 0.108 e. The molecule has 2 N–H and O–H groups in total. The number of hydrogen-bond donors (Lipinski definition) is 1. The Balaban J connectivity index is 2.88. The molecule has 0 aromatic carbocycles. The van der Waals surface area contributed by atoms with E-state index in [2.05, 4.69) is 26.8 Å². The van der Waals surface area contributed by atoms with Crippen molar-refractivity contribution in [3.8, 4) is 0 Å². The van der Waals surface area contributed by atoms with Crippen molar-refractivity contribution >= 4 is 0 Å². The van der Waals surface area contributed by atoms with E-state index in [1.165, 1.54) is 5.56 Å². The topological polar surface area (TPSA) is 39.2 Å². The van der Waals surface area contributed by atoms with E-state index in [0.29, 0.717) is 12.5 Å². The van der Waals surface area contributed by atoms with E-state index in [-0.39, 0.29) is 0 Å². The second-order valence-electron chi connectivity index (χ2n) is 3.86. The van der Waals surface area contributed by atoms with Crippen LogP contribution in [0.5, 0.6) is 0 Å². The summed E-state index contributed by atoms with van der Waals surface area (Å²) < 4.78 is 5.82. The van der Waals surface area contributed by atoms with Gasteiger partial charge >= 0.3 is 0 Å². The smallest absolute Gasteiger partial charge is 0.108 e. The van der Waals surface area contributed by atoms with Crippen molar-refractivity contribution in [1.29, 1.82) is 0 Å². The molecule has 1 atom stereocenters. The number of rotatable bonds is 5. The van der Waals surface area contributed by atoms with Crippen LogP contribution in [0, 0.1) is 0 Å². The molecule has 2 heteroatoms. The number of aryl methyl sites for hydroxylation is 1. The molecule has 0 amide bonds. The van der Waals surface area contributed by atoms with Gasteiger partial charge in [0.15, 0.2) is 0 Å². The molecule has 1 rings (SSSR count). The van der Waals surface area contributed by atoms with Crippen molar-refractivity contribution in [3.05, 3.63) is 23.2 Å². The molecule has 1 aromatic heterocycles. The summed E-state index contributed by atoms with van der Waals surface area (Å²) in [6.45, 7) is 7.12. The van der Waals surface area contributed by atoms with Gasteiger partial charge < -0.3 is 10.2 Å². The third kappa shape index (κ3) is 2.38. The van der Waals surface area contributed by atoms with Crippen molar-refractivity contribution < 1.29 is 4.42 Å². The highest BCUT2D eigenvalue weighted by molar-refractivity contribution is 5.23. The molecule has 0 aliphatic carbocycles. The fourth-order valence-electron chi connectivity index (χ4n) is 1.54. The van der Waals surface area contributed by atoms with Crippen molar-refractivity contribution in [1.82, 2.24) is 0 Å². The maximum atomic E-state index is 5.82. The Morgan fingerprint density at radius 2 is 2.14 bits per heavy atom. The summed E-state index contributed by atoms with van der Waals surface area (Å²) in [7, 11) is 0. The van der Waals surface area contributed by atoms with E-state index in [9.17, 15) is 0 Å². The normalized spacial score (nSPS) is 13.1. The van der Waals surface area contributed by atoms with Crippen LogP contribution in [0.4, 0.5) is 0 Å². The zero-order valence-corrected chi connectivity index (χ0v) is 9.47. The quantitative estimate of drug-likeness (QED) is 0.783. The summed E-state index contributed by atoms with van der Waals surface area (Å²) in [6.07, 6.45) is 3.23. The molecule has 14 heavy (non-hydrogen) atoms. The van der Waals surface area contributed by atoms with E-state index in [4.69, 9.17) is 10.2 Å². The summed E-state index contributed by atoms with van der Waals surface area (Å²) in [5.74, 6) is 2.69. The standard InChI is InChI=1S/C12H21NO/c1-4-6-11-10(8-13)7-12(14-11)9(3)5-2/h7,9H,4-6,8,13H2,1-3H3. The molecule has 0 fully saturated rings. The monoisotopic (exact) mass is 195 g/mol. The minimum Gasteiger partial charge on any atom is -0.465 e. The molecule has 0 bridgehead atoms. The lowest BCUT2D eigenvalue weighted by Gasteiger charge is -2.02. The van der Waals surface area contributed by atoms with Gasteiger partial charge in [0.1, 0.15) is 11.5 Å². The predicted molar refractivity (Wildman–Crippen MR) is 59.3 cm³/mol. The van der Waals surface area contributed by atoms with Crippen LogP contribution in [0.15, 0.2) is 10.5 Å². The van der Waals surface area contributed by atoms with Gasteiger partial charge in [-0.25, -0.2) is 0 Å². The first-order valence-corrected chi connectivity index (χ1v) is 5.54. The maximum absolute atomic E-state index is 5.82. The van der Waals surface area contributed by atoms with Crippen LogP contribution in [-0.4, -0.2) is 0 Å². The Bertz CT molecular complexity index is 278. The van der Waals surface area contributed by atoms with Crippen LogP contribution in [0.25, 0.3) is 0 Å². The van der Waals surface area contributed by atoms with Gasteiger partial charge in [-0.05, 0) is 18.9 Å². The van der Waals surface area contributed by atoms with Crippen LogP contribution in [-0.2, 0) is 13.0 Å². The number of furan rings is 1. The van der Waals surface area contributed by atoms with E-state index in [0.717, 1.165) is 30.8 Å². The van der Waals surface area contributed by atoms with Crippen molar-refractivity contribution in [2.45, 2.75) is 52.5 Å². The zero-order chi connectivity index (χ0) is 10.6. The SMILES string of the molecule is CCCc1oc(C(C)CC)cc1CN. The molecule has 0 spiro atoms. The molecular weight excluding hydrogens is 174 g/mol. The molecule has 0 saturated heterocycles. The van der Waals surface area contributed by atoms with Gasteiger partial charge in [0.25, 0.3) is 0 Å². The van der Waals surface area contributed by atoms with Gasteiger partial charge in [0.05, 0.1) is 0 Å². The fraction of sp³-hybridized carbons (Fsp3) is 0.667. The molecule has 2 nitrogen and oxygen atoms in total. The molecule has 1 heterocycles. The molecule has 1 unspecified atom stereocenters. The van der Waals surface area contributed by atoms with Gasteiger partial charge in [0, 0.05) is 24.4 Å². The summed E-state index contributed by atoms with van der Waals surface area (Å²) in [5, 5.41) is 0. The Labute approximate surface area is 86.5 Å². The zero-order valence-electron chi connectivity index (χ0n) is 9.47. The second kappa shape index (κ2) is 5.20. The molecule has 0 aliphatic rings. The lowest BCUT2D eigenvalue weighted by molar-refractivity contribution is 0.431. The predicted octanol–water partition coefficient (Wildman–Crippen LogP) is 3.20. The molecule has 0 aliphatic heterocycles. The first-order valence-electron chi connectivity index (χ1n) is 5.54. The fourth-order valence-corrected chi connectivity index (χ4v) is 1.54. The van der Waals surface area contributed by atoms with Gasteiger partial charge in [-0.2, -0.15) is 0 Å². The van der Waals surface area contributed by atoms with Gasteiger partial charge in [-0.1, -0.05) is 20.8 Å². The highest BCUT2D eigenvalue weighted by Gasteiger charge is 2.12. The minimum absolute atomic E-state index is 0.505.